The van der Waals surface area contributed by atoms with E-state index in [1.165, 1.54) is 4.88 Å². The van der Waals surface area contributed by atoms with Crippen LogP contribution in [-0.4, -0.2) is 17.6 Å². The Hall–Kier alpha value is -1.26. The minimum absolute atomic E-state index is 0.204. The number of carbonyl (C=O) groups is 1. The number of carbonyl (C=O) groups excluding carboxylic acids is 1. The molecule has 1 aliphatic rings. The van der Waals surface area contributed by atoms with Gasteiger partial charge < -0.3 is 4.74 Å². The molecule has 1 atom stereocenters. The molecule has 0 bridgehead atoms. The van der Waals surface area contributed by atoms with Crippen molar-refractivity contribution in [3.8, 4) is 5.75 Å². The third kappa shape index (κ3) is 3.01. The summed E-state index contributed by atoms with van der Waals surface area (Å²) in [7, 11) is 0. The van der Waals surface area contributed by atoms with Gasteiger partial charge in [-0.2, -0.15) is 0 Å². The number of para-hydroxylation sites is 1. The number of rotatable bonds is 4. The molecule has 0 fully saturated rings. The van der Waals surface area contributed by atoms with Gasteiger partial charge in [-0.15, -0.1) is 23.1 Å². The number of ether oxygens (including phenoxy) is 1. The lowest BCUT2D eigenvalue weighted by molar-refractivity contribution is -0.125. The lowest BCUT2D eigenvalue weighted by Crippen LogP contribution is -2.32. The lowest BCUT2D eigenvalue weighted by Gasteiger charge is -2.24. The van der Waals surface area contributed by atoms with E-state index >= 15 is 0 Å². The van der Waals surface area contributed by atoms with Crippen LogP contribution in [0, 0.1) is 0 Å². The molecule has 0 aliphatic carbocycles. The number of ketones is 1. The molecule has 0 amide bonds. The molecule has 2 nitrogen and oxygen atoms in total. The van der Waals surface area contributed by atoms with Crippen molar-refractivity contribution in [2.75, 3.05) is 5.75 Å². The highest BCUT2D eigenvalue weighted by Gasteiger charge is 2.25. The number of aryl methyl sites for hydroxylation is 1. The predicted octanol–water partition coefficient (Wildman–Crippen LogP) is 3.80. The first kappa shape index (κ1) is 12.8. The molecule has 3 rings (SSSR count). The van der Waals surface area contributed by atoms with Crippen LogP contribution < -0.4 is 4.74 Å². The van der Waals surface area contributed by atoms with Crippen molar-refractivity contribution in [3.05, 3.63) is 46.7 Å². The second-order valence-electron chi connectivity index (χ2n) is 4.41. The molecule has 0 spiro atoms. The zero-order chi connectivity index (χ0) is 13.1. The van der Waals surface area contributed by atoms with E-state index in [4.69, 9.17) is 4.74 Å². The number of fused-ring (bicyclic) bond motifs is 1. The highest BCUT2D eigenvalue weighted by molar-refractivity contribution is 7.99. The number of hydrogen-bond donors (Lipinski definition) is 0. The molecule has 98 valence electrons. The minimum Gasteiger partial charge on any atom is -0.481 e. The maximum Gasteiger partial charge on any atom is 0.174 e. The molecular formula is C15H14O2S2. The van der Waals surface area contributed by atoms with Gasteiger partial charge in [0.15, 0.2) is 11.9 Å². The molecule has 1 aliphatic heterocycles. The Morgan fingerprint density at radius 2 is 2.16 bits per heavy atom. The molecule has 1 unspecified atom stereocenters. The Morgan fingerprint density at radius 1 is 1.26 bits per heavy atom. The quantitative estimate of drug-likeness (QED) is 0.856. The van der Waals surface area contributed by atoms with Crippen LogP contribution >= 0.6 is 23.1 Å². The van der Waals surface area contributed by atoms with Crippen molar-refractivity contribution in [3.63, 3.8) is 0 Å². The summed E-state index contributed by atoms with van der Waals surface area (Å²) in [6, 6.07) is 12.0. The SMILES string of the molecule is O=C(CCc1cccs1)C1CSc2ccccc2O1. The van der Waals surface area contributed by atoms with E-state index in [1.807, 2.05) is 35.7 Å². The fourth-order valence-corrected chi connectivity index (χ4v) is 3.77. The van der Waals surface area contributed by atoms with E-state index in [0.717, 1.165) is 22.8 Å². The molecule has 2 heterocycles. The van der Waals surface area contributed by atoms with E-state index in [2.05, 4.69) is 6.07 Å². The summed E-state index contributed by atoms with van der Waals surface area (Å²) < 4.78 is 5.80. The van der Waals surface area contributed by atoms with Crippen molar-refractivity contribution in [1.82, 2.24) is 0 Å². The smallest absolute Gasteiger partial charge is 0.174 e. The standard InChI is InChI=1S/C15H14O2S2/c16-12(8-7-11-4-3-9-18-11)14-10-19-15-6-2-1-5-13(15)17-14/h1-6,9,14H,7-8,10H2. The van der Waals surface area contributed by atoms with Crippen molar-refractivity contribution in [2.24, 2.45) is 0 Å². The maximum atomic E-state index is 12.2. The van der Waals surface area contributed by atoms with E-state index < -0.39 is 0 Å². The Kier molecular flexibility index (Phi) is 3.89. The first-order valence-electron chi connectivity index (χ1n) is 6.26. The van der Waals surface area contributed by atoms with Crippen LogP contribution in [-0.2, 0) is 11.2 Å². The van der Waals surface area contributed by atoms with Crippen LogP contribution in [0.4, 0.5) is 0 Å². The molecular weight excluding hydrogens is 276 g/mol. The van der Waals surface area contributed by atoms with E-state index in [-0.39, 0.29) is 11.9 Å². The average Bonchev–Trinajstić information content (AvgIpc) is 2.97. The molecule has 19 heavy (non-hydrogen) atoms. The molecule has 0 saturated heterocycles. The Morgan fingerprint density at radius 3 is 3.00 bits per heavy atom. The van der Waals surface area contributed by atoms with Gasteiger partial charge in [-0.25, -0.2) is 0 Å². The van der Waals surface area contributed by atoms with Gasteiger partial charge in [0.2, 0.25) is 0 Å². The Labute approximate surface area is 120 Å². The zero-order valence-corrected chi connectivity index (χ0v) is 12.0. The van der Waals surface area contributed by atoms with Crippen LogP contribution in [0.15, 0.2) is 46.7 Å². The molecule has 0 saturated carbocycles. The molecule has 4 heteroatoms. The topological polar surface area (TPSA) is 26.3 Å². The largest absolute Gasteiger partial charge is 0.481 e. The van der Waals surface area contributed by atoms with Crippen molar-refractivity contribution < 1.29 is 9.53 Å². The third-order valence-corrected chi connectivity index (χ3v) is 5.12. The predicted molar refractivity (Wildman–Crippen MR) is 79.2 cm³/mol. The zero-order valence-electron chi connectivity index (χ0n) is 10.4. The van der Waals surface area contributed by atoms with Crippen LogP contribution in [0.25, 0.3) is 0 Å². The van der Waals surface area contributed by atoms with Crippen molar-refractivity contribution >= 4 is 28.9 Å². The summed E-state index contributed by atoms with van der Waals surface area (Å²) in [5, 5.41) is 2.04. The molecule has 0 N–H and O–H groups in total. The minimum atomic E-state index is -0.292. The van der Waals surface area contributed by atoms with Gasteiger partial charge in [-0.1, -0.05) is 18.2 Å². The summed E-state index contributed by atoms with van der Waals surface area (Å²) in [5.74, 6) is 1.77. The summed E-state index contributed by atoms with van der Waals surface area (Å²) in [5.41, 5.74) is 0. The van der Waals surface area contributed by atoms with Crippen LogP contribution in [0.2, 0.25) is 0 Å². The van der Waals surface area contributed by atoms with Gasteiger partial charge >= 0.3 is 0 Å². The summed E-state index contributed by atoms with van der Waals surface area (Å²) in [6.45, 7) is 0. The highest BCUT2D eigenvalue weighted by atomic mass is 32.2. The number of thiophene rings is 1. The second kappa shape index (κ2) is 5.80. The molecule has 0 radical (unpaired) electrons. The normalized spacial score (nSPS) is 17.6. The van der Waals surface area contributed by atoms with Crippen LogP contribution in [0.3, 0.4) is 0 Å². The second-order valence-corrected chi connectivity index (χ2v) is 6.50. The average molecular weight is 290 g/mol. The number of benzene rings is 1. The van der Waals surface area contributed by atoms with Gasteiger partial charge in [-0.3, -0.25) is 4.79 Å². The third-order valence-electron chi connectivity index (χ3n) is 3.07. The maximum absolute atomic E-state index is 12.2. The fraction of sp³-hybridized carbons (Fsp3) is 0.267. The van der Waals surface area contributed by atoms with Gasteiger partial charge in [0, 0.05) is 21.9 Å². The van der Waals surface area contributed by atoms with Crippen molar-refractivity contribution in [2.45, 2.75) is 23.8 Å². The number of thioether (sulfide) groups is 1. The van der Waals surface area contributed by atoms with Crippen LogP contribution in [0.1, 0.15) is 11.3 Å². The first-order chi connectivity index (χ1) is 9.33. The number of hydrogen-bond acceptors (Lipinski definition) is 4. The Bertz CT molecular complexity index is 563. The molecule has 1 aromatic heterocycles. The van der Waals surface area contributed by atoms with Gasteiger partial charge in [-0.05, 0) is 30.0 Å². The van der Waals surface area contributed by atoms with E-state index in [1.54, 1.807) is 23.1 Å². The first-order valence-corrected chi connectivity index (χ1v) is 8.13. The monoisotopic (exact) mass is 290 g/mol. The molecule has 2 aromatic rings. The van der Waals surface area contributed by atoms with Gasteiger partial charge in [0.1, 0.15) is 5.75 Å². The van der Waals surface area contributed by atoms with E-state index in [0.29, 0.717) is 6.42 Å². The molecule has 1 aromatic carbocycles. The van der Waals surface area contributed by atoms with Gasteiger partial charge in [0.05, 0.1) is 0 Å². The summed E-state index contributed by atoms with van der Waals surface area (Å²) >= 11 is 3.41. The summed E-state index contributed by atoms with van der Waals surface area (Å²) in [6.07, 6.45) is 1.09. The van der Waals surface area contributed by atoms with Gasteiger partial charge in [0.25, 0.3) is 0 Å². The Balaban J connectivity index is 1.60. The number of Topliss-reactive ketones (excluding diaryl/α,β-unsaturated/α-hetero) is 1. The van der Waals surface area contributed by atoms with Crippen molar-refractivity contribution in [1.29, 1.82) is 0 Å². The lowest BCUT2D eigenvalue weighted by atomic mass is 10.1. The summed E-state index contributed by atoms with van der Waals surface area (Å²) in [4.78, 5) is 14.6. The van der Waals surface area contributed by atoms with Crippen LogP contribution in [0.5, 0.6) is 5.75 Å². The van der Waals surface area contributed by atoms with E-state index in [9.17, 15) is 4.79 Å². The fourth-order valence-electron chi connectivity index (χ4n) is 2.04. The highest BCUT2D eigenvalue weighted by Crippen LogP contribution is 2.35.